The summed E-state index contributed by atoms with van der Waals surface area (Å²) in [4.78, 5) is 11.3. The minimum Gasteiger partial charge on any atom is -0.461 e. The Kier molecular flexibility index (Phi) is 5.68. The lowest BCUT2D eigenvalue weighted by Crippen LogP contribution is -2.06. The van der Waals surface area contributed by atoms with Crippen molar-refractivity contribution in [3.8, 4) is 0 Å². The summed E-state index contributed by atoms with van der Waals surface area (Å²) in [5, 5.41) is 0. The van der Waals surface area contributed by atoms with Crippen LogP contribution in [0.25, 0.3) is 0 Å². The smallest absolute Gasteiger partial charge is 0.359 e. The summed E-state index contributed by atoms with van der Waals surface area (Å²) < 4.78 is 36.3. The molecular weight excluding hydrogens is 250 g/mol. The normalized spacial score (nSPS) is 10.1. The van der Waals surface area contributed by atoms with Gasteiger partial charge in [0.15, 0.2) is 5.69 Å². The van der Waals surface area contributed by atoms with Gasteiger partial charge >= 0.3 is 5.97 Å². The van der Waals surface area contributed by atoms with E-state index in [-0.39, 0.29) is 17.9 Å². The molecule has 0 N–H and O–H groups in total. The third-order valence-corrected chi connectivity index (χ3v) is 2.55. The summed E-state index contributed by atoms with van der Waals surface area (Å²) in [7, 11) is 0. The molecule has 0 amide bonds. The first-order valence-corrected chi connectivity index (χ1v) is 5.79. The minimum atomic E-state index is -1.63. The molecule has 0 saturated heterocycles. The third-order valence-electron chi connectivity index (χ3n) is 2.07. The summed E-state index contributed by atoms with van der Waals surface area (Å²) in [5.74, 6) is -0.525. The second-order valence-corrected chi connectivity index (χ2v) is 3.98. The molecule has 0 aliphatic rings. The van der Waals surface area contributed by atoms with E-state index in [0.29, 0.717) is 19.3 Å². The fraction of sp³-hybridized carbons (Fsp3) is 0.500. The molecule has 0 aliphatic carbocycles. The lowest BCUT2D eigenvalue weighted by atomic mass is 10.1. The van der Waals surface area contributed by atoms with Crippen molar-refractivity contribution in [1.82, 2.24) is 8.75 Å². The van der Waals surface area contributed by atoms with Crippen molar-refractivity contribution in [3.05, 3.63) is 23.5 Å². The number of ether oxygens (including phenoxy) is 1. The standard InChI is InChI=1S/C10H12F2N2O2S/c1-7(9(11)12)4-2-3-5-16-10(15)8-6-13-17-14-8/h6H,2-5H2,1H3. The molecule has 1 aromatic heterocycles. The fourth-order valence-electron chi connectivity index (χ4n) is 1.08. The van der Waals surface area contributed by atoms with E-state index >= 15 is 0 Å². The highest BCUT2D eigenvalue weighted by molar-refractivity contribution is 6.99. The predicted molar refractivity (Wildman–Crippen MR) is 59.0 cm³/mol. The van der Waals surface area contributed by atoms with Gasteiger partial charge in [0.1, 0.15) is 0 Å². The molecule has 4 nitrogen and oxygen atoms in total. The summed E-state index contributed by atoms with van der Waals surface area (Å²) in [6.07, 6.45) is 1.13. The highest BCUT2D eigenvalue weighted by Gasteiger charge is 2.09. The zero-order chi connectivity index (χ0) is 12.7. The monoisotopic (exact) mass is 262 g/mol. The van der Waals surface area contributed by atoms with Crippen molar-refractivity contribution in [2.24, 2.45) is 0 Å². The number of rotatable bonds is 6. The number of hydrogen-bond acceptors (Lipinski definition) is 5. The number of allylic oxidation sites excluding steroid dienone is 1. The Morgan fingerprint density at radius 3 is 2.82 bits per heavy atom. The molecule has 1 rings (SSSR count). The van der Waals surface area contributed by atoms with Gasteiger partial charge in [0.05, 0.1) is 24.5 Å². The van der Waals surface area contributed by atoms with Crippen LogP contribution in [-0.2, 0) is 4.74 Å². The molecular formula is C10H12F2N2O2S. The number of unbranched alkanes of at least 4 members (excludes halogenated alkanes) is 1. The van der Waals surface area contributed by atoms with Crippen LogP contribution in [0.4, 0.5) is 8.78 Å². The van der Waals surface area contributed by atoms with Gasteiger partial charge in [-0.1, -0.05) is 0 Å². The molecule has 0 aliphatic heterocycles. The minimum absolute atomic E-state index is 0.0834. The maximum Gasteiger partial charge on any atom is 0.359 e. The van der Waals surface area contributed by atoms with Gasteiger partial charge in [-0.15, -0.1) is 0 Å². The number of esters is 1. The van der Waals surface area contributed by atoms with Crippen molar-refractivity contribution >= 4 is 17.7 Å². The van der Waals surface area contributed by atoms with Crippen LogP contribution in [0.5, 0.6) is 0 Å². The molecule has 0 radical (unpaired) electrons. The van der Waals surface area contributed by atoms with Crippen molar-refractivity contribution in [2.45, 2.75) is 26.2 Å². The Bertz CT molecular complexity index is 389. The SMILES string of the molecule is CC(CCCCOC(=O)c1cnsn1)=C(F)F. The molecule has 0 fully saturated rings. The van der Waals surface area contributed by atoms with E-state index in [4.69, 9.17) is 4.74 Å². The van der Waals surface area contributed by atoms with E-state index < -0.39 is 12.0 Å². The fourth-order valence-corrected chi connectivity index (χ4v) is 1.48. The number of carbonyl (C=O) groups excluding carboxylic acids is 1. The van der Waals surface area contributed by atoms with Crippen molar-refractivity contribution in [1.29, 1.82) is 0 Å². The zero-order valence-electron chi connectivity index (χ0n) is 9.28. The molecule has 7 heteroatoms. The molecule has 0 unspecified atom stereocenters. The third kappa shape index (κ3) is 4.99. The summed E-state index contributed by atoms with van der Waals surface area (Å²) >= 11 is 0.928. The largest absolute Gasteiger partial charge is 0.461 e. The Hall–Kier alpha value is -1.37. The molecule has 0 atom stereocenters. The lowest BCUT2D eigenvalue weighted by Gasteiger charge is -2.02. The first-order chi connectivity index (χ1) is 8.11. The number of aromatic nitrogens is 2. The van der Waals surface area contributed by atoms with Crippen molar-refractivity contribution in [2.75, 3.05) is 6.61 Å². The van der Waals surface area contributed by atoms with Gasteiger partial charge in [-0.05, 0) is 31.8 Å². The number of carbonyl (C=O) groups is 1. The number of nitrogens with zero attached hydrogens (tertiary/aromatic N) is 2. The second-order valence-electron chi connectivity index (χ2n) is 3.43. The first kappa shape index (κ1) is 13.7. The maximum absolute atomic E-state index is 12.0. The molecule has 1 heterocycles. The van der Waals surface area contributed by atoms with Gasteiger partial charge in [0.2, 0.25) is 0 Å². The van der Waals surface area contributed by atoms with Crippen LogP contribution in [-0.4, -0.2) is 21.3 Å². The number of halogens is 2. The Balaban J connectivity index is 2.13. The molecule has 0 bridgehead atoms. The van der Waals surface area contributed by atoms with Crippen LogP contribution < -0.4 is 0 Å². The zero-order valence-corrected chi connectivity index (χ0v) is 10.1. The molecule has 0 saturated carbocycles. The van der Waals surface area contributed by atoms with Gasteiger partial charge < -0.3 is 4.74 Å². The first-order valence-electron chi connectivity index (χ1n) is 5.06. The Morgan fingerprint density at radius 1 is 1.47 bits per heavy atom. The van der Waals surface area contributed by atoms with E-state index in [1.54, 1.807) is 0 Å². The Morgan fingerprint density at radius 2 is 2.24 bits per heavy atom. The van der Waals surface area contributed by atoms with Crippen LogP contribution in [0.1, 0.15) is 36.7 Å². The lowest BCUT2D eigenvalue weighted by molar-refractivity contribution is 0.0492. The molecule has 1 aromatic rings. The highest BCUT2D eigenvalue weighted by atomic mass is 32.1. The van der Waals surface area contributed by atoms with E-state index in [9.17, 15) is 13.6 Å². The van der Waals surface area contributed by atoms with Crippen LogP contribution in [0, 0.1) is 0 Å². The predicted octanol–water partition coefficient (Wildman–Crippen LogP) is 3.04. The van der Waals surface area contributed by atoms with Gasteiger partial charge in [-0.3, -0.25) is 0 Å². The van der Waals surface area contributed by atoms with Crippen LogP contribution in [0.3, 0.4) is 0 Å². The molecule has 94 valence electrons. The van der Waals surface area contributed by atoms with Gasteiger partial charge in [-0.25, -0.2) is 4.79 Å². The van der Waals surface area contributed by atoms with Gasteiger partial charge in [-0.2, -0.15) is 17.5 Å². The van der Waals surface area contributed by atoms with E-state index in [1.165, 1.54) is 13.1 Å². The van der Waals surface area contributed by atoms with E-state index in [1.807, 2.05) is 0 Å². The molecule has 17 heavy (non-hydrogen) atoms. The number of hydrogen-bond donors (Lipinski definition) is 0. The van der Waals surface area contributed by atoms with Crippen molar-refractivity contribution < 1.29 is 18.3 Å². The molecule has 0 aromatic carbocycles. The Labute approximate surface area is 102 Å². The topological polar surface area (TPSA) is 52.1 Å². The van der Waals surface area contributed by atoms with Crippen LogP contribution >= 0.6 is 11.7 Å². The average Bonchev–Trinajstić information content (AvgIpc) is 2.81. The van der Waals surface area contributed by atoms with E-state index in [0.717, 1.165) is 11.7 Å². The highest BCUT2D eigenvalue weighted by Crippen LogP contribution is 2.14. The van der Waals surface area contributed by atoms with E-state index in [2.05, 4.69) is 8.75 Å². The second kappa shape index (κ2) is 7.05. The maximum atomic E-state index is 12.0. The average molecular weight is 262 g/mol. The van der Waals surface area contributed by atoms with Crippen LogP contribution in [0.2, 0.25) is 0 Å². The molecule has 0 spiro atoms. The van der Waals surface area contributed by atoms with Crippen LogP contribution in [0.15, 0.2) is 17.9 Å². The van der Waals surface area contributed by atoms with Gasteiger partial charge in [0.25, 0.3) is 6.08 Å². The summed E-state index contributed by atoms with van der Waals surface area (Å²) in [6.45, 7) is 1.60. The van der Waals surface area contributed by atoms with Gasteiger partial charge in [0, 0.05) is 0 Å². The van der Waals surface area contributed by atoms with Crippen molar-refractivity contribution in [3.63, 3.8) is 0 Å². The quantitative estimate of drug-likeness (QED) is 0.584. The summed E-state index contributed by atoms with van der Waals surface area (Å²) in [6, 6.07) is 0. The summed E-state index contributed by atoms with van der Waals surface area (Å²) in [5.41, 5.74) is 0.265.